The van der Waals surface area contributed by atoms with E-state index in [0.29, 0.717) is 30.1 Å². The van der Waals surface area contributed by atoms with Gasteiger partial charge in [0, 0.05) is 51.7 Å². The number of anilines is 1. The highest BCUT2D eigenvalue weighted by atomic mass is 16.5. The molecule has 0 saturated heterocycles. The van der Waals surface area contributed by atoms with Gasteiger partial charge in [-0.15, -0.1) is 0 Å². The number of carbonyl (C=O) groups is 3. The monoisotopic (exact) mass is 431 g/mol. The molecule has 3 amide bonds. The van der Waals surface area contributed by atoms with E-state index < -0.39 is 0 Å². The van der Waals surface area contributed by atoms with Crippen molar-refractivity contribution in [1.29, 1.82) is 0 Å². The number of hydrogen-bond donors (Lipinski definition) is 1. The number of hydrogen-bond acceptors (Lipinski definition) is 5. The number of nitrogens with zero attached hydrogens (tertiary/aromatic N) is 2. The Morgan fingerprint density at radius 3 is 2.52 bits per heavy atom. The zero-order valence-electron chi connectivity index (χ0n) is 19.0. The quantitative estimate of drug-likeness (QED) is 0.794. The van der Waals surface area contributed by atoms with E-state index in [1.165, 1.54) is 6.92 Å². The van der Waals surface area contributed by atoms with E-state index in [1.807, 2.05) is 18.7 Å². The second kappa shape index (κ2) is 9.68. The lowest BCUT2D eigenvalue weighted by atomic mass is 10.0. The van der Waals surface area contributed by atoms with Gasteiger partial charge in [0.25, 0.3) is 5.91 Å². The molecule has 0 radical (unpaired) electrons. The average molecular weight is 432 g/mol. The number of nitrogens with one attached hydrogen (secondary N) is 1. The van der Waals surface area contributed by atoms with Crippen molar-refractivity contribution in [2.45, 2.75) is 45.8 Å². The Hall–Kier alpha value is -2.61. The minimum Gasteiger partial charge on any atom is -0.491 e. The summed E-state index contributed by atoms with van der Waals surface area (Å²) in [6.45, 7) is 6.63. The molecule has 31 heavy (non-hydrogen) atoms. The van der Waals surface area contributed by atoms with Crippen molar-refractivity contribution in [2.24, 2.45) is 11.8 Å². The zero-order valence-corrected chi connectivity index (χ0v) is 19.0. The summed E-state index contributed by atoms with van der Waals surface area (Å²) in [5.41, 5.74) is 0.892. The van der Waals surface area contributed by atoms with Crippen molar-refractivity contribution < 1.29 is 23.9 Å². The number of fused-ring (bicyclic) bond motifs is 1. The van der Waals surface area contributed by atoms with E-state index >= 15 is 0 Å². The molecule has 8 heteroatoms. The molecule has 1 aliphatic carbocycles. The molecule has 8 nitrogen and oxygen atoms in total. The number of rotatable bonds is 3. The smallest absolute Gasteiger partial charge is 0.257 e. The zero-order chi connectivity index (χ0) is 22.7. The normalized spacial score (nSPS) is 25.1. The Balaban J connectivity index is 1.95. The van der Waals surface area contributed by atoms with Crippen LogP contribution in [0.15, 0.2) is 18.2 Å². The van der Waals surface area contributed by atoms with E-state index in [0.717, 1.165) is 12.8 Å². The predicted molar refractivity (Wildman–Crippen MR) is 117 cm³/mol. The van der Waals surface area contributed by atoms with Gasteiger partial charge in [0.1, 0.15) is 12.4 Å². The second-order valence-electron chi connectivity index (χ2n) is 8.75. The fourth-order valence-corrected chi connectivity index (χ4v) is 3.93. The van der Waals surface area contributed by atoms with Crippen molar-refractivity contribution in [3.63, 3.8) is 0 Å². The largest absolute Gasteiger partial charge is 0.491 e. The predicted octanol–water partition coefficient (Wildman–Crippen LogP) is 2.39. The minimum absolute atomic E-state index is 0.0370. The summed E-state index contributed by atoms with van der Waals surface area (Å²) in [6, 6.07) is 4.87. The lowest BCUT2D eigenvalue weighted by Gasteiger charge is -2.36. The fourth-order valence-electron chi connectivity index (χ4n) is 3.93. The van der Waals surface area contributed by atoms with E-state index in [-0.39, 0.29) is 48.3 Å². The van der Waals surface area contributed by atoms with Crippen LogP contribution in [0.4, 0.5) is 5.69 Å². The molecule has 1 N–H and O–H groups in total. The molecule has 1 saturated carbocycles. The van der Waals surface area contributed by atoms with Crippen molar-refractivity contribution in [2.75, 3.05) is 39.2 Å². The minimum atomic E-state index is -0.224. The highest BCUT2D eigenvalue weighted by Crippen LogP contribution is 2.33. The Bertz CT molecular complexity index is 839. The number of benzene rings is 1. The van der Waals surface area contributed by atoms with Gasteiger partial charge in [-0.1, -0.05) is 6.92 Å². The maximum Gasteiger partial charge on any atom is 0.257 e. The molecule has 170 valence electrons. The lowest BCUT2D eigenvalue weighted by molar-refractivity contribution is -0.136. The number of ether oxygens (including phenoxy) is 2. The second-order valence-corrected chi connectivity index (χ2v) is 8.75. The van der Waals surface area contributed by atoms with Crippen molar-refractivity contribution in [1.82, 2.24) is 9.80 Å². The van der Waals surface area contributed by atoms with Crippen LogP contribution in [-0.4, -0.2) is 73.5 Å². The van der Waals surface area contributed by atoms with Crippen LogP contribution in [0.1, 0.15) is 44.0 Å². The fraction of sp³-hybridized carbons (Fsp3) is 0.609. The maximum absolute atomic E-state index is 13.2. The van der Waals surface area contributed by atoms with Crippen LogP contribution in [0.5, 0.6) is 5.75 Å². The number of methoxy groups -OCH3 is 1. The molecule has 1 heterocycles. The first-order valence-electron chi connectivity index (χ1n) is 10.8. The van der Waals surface area contributed by atoms with Crippen molar-refractivity contribution in [3.8, 4) is 5.75 Å². The van der Waals surface area contributed by atoms with Crippen LogP contribution in [0.2, 0.25) is 0 Å². The molecular weight excluding hydrogens is 398 g/mol. The summed E-state index contributed by atoms with van der Waals surface area (Å²) >= 11 is 0. The van der Waals surface area contributed by atoms with Crippen LogP contribution in [0.3, 0.4) is 0 Å². The molecule has 3 atom stereocenters. The van der Waals surface area contributed by atoms with Gasteiger partial charge in [0.2, 0.25) is 11.8 Å². The molecular formula is C23H33N3O5. The summed E-state index contributed by atoms with van der Waals surface area (Å²) in [5, 5.41) is 2.71. The Labute approximate surface area is 183 Å². The molecule has 1 fully saturated rings. The first kappa shape index (κ1) is 23.1. The molecule has 1 aromatic carbocycles. The van der Waals surface area contributed by atoms with Gasteiger partial charge in [-0.2, -0.15) is 0 Å². The van der Waals surface area contributed by atoms with Crippen LogP contribution < -0.4 is 10.1 Å². The molecule has 0 unspecified atom stereocenters. The first-order valence-corrected chi connectivity index (χ1v) is 10.8. The van der Waals surface area contributed by atoms with Crippen LogP contribution >= 0.6 is 0 Å². The van der Waals surface area contributed by atoms with Gasteiger partial charge in [-0.3, -0.25) is 14.4 Å². The molecule has 3 rings (SSSR count). The van der Waals surface area contributed by atoms with Crippen LogP contribution in [-0.2, 0) is 14.3 Å². The van der Waals surface area contributed by atoms with Gasteiger partial charge >= 0.3 is 0 Å². The third-order valence-corrected chi connectivity index (χ3v) is 5.97. The third kappa shape index (κ3) is 5.55. The topological polar surface area (TPSA) is 88.2 Å². The maximum atomic E-state index is 13.2. The van der Waals surface area contributed by atoms with Crippen LogP contribution in [0, 0.1) is 11.8 Å². The van der Waals surface area contributed by atoms with Crippen molar-refractivity contribution >= 4 is 23.4 Å². The molecule has 2 aliphatic rings. The summed E-state index contributed by atoms with van der Waals surface area (Å²) in [6.07, 6.45) is 1.66. The molecule has 0 bridgehead atoms. The number of amides is 3. The number of carbonyl (C=O) groups excluding carboxylic acids is 3. The van der Waals surface area contributed by atoms with Gasteiger partial charge in [-0.05, 0) is 38.0 Å². The van der Waals surface area contributed by atoms with Gasteiger partial charge < -0.3 is 24.6 Å². The van der Waals surface area contributed by atoms with E-state index in [2.05, 4.69) is 5.32 Å². The van der Waals surface area contributed by atoms with E-state index in [4.69, 9.17) is 9.47 Å². The molecule has 0 spiro atoms. The first-order chi connectivity index (χ1) is 14.7. The molecule has 1 aromatic rings. The Morgan fingerprint density at radius 1 is 1.19 bits per heavy atom. The van der Waals surface area contributed by atoms with Gasteiger partial charge in [0.15, 0.2) is 0 Å². The Kier molecular flexibility index (Phi) is 7.20. The van der Waals surface area contributed by atoms with Gasteiger partial charge in [-0.25, -0.2) is 0 Å². The summed E-state index contributed by atoms with van der Waals surface area (Å²) < 4.78 is 11.7. The highest BCUT2D eigenvalue weighted by molar-refractivity contribution is 5.99. The highest BCUT2D eigenvalue weighted by Gasteiger charge is 2.37. The molecule has 0 aromatic heterocycles. The Morgan fingerprint density at radius 2 is 1.90 bits per heavy atom. The lowest BCUT2D eigenvalue weighted by Crippen LogP contribution is -2.49. The average Bonchev–Trinajstić information content (AvgIpc) is 3.57. The van der Waals surface area contributed by atoms with E-state index in [1.54, 1.807) is 37.3 Å². The van der Waals surface area contributed by atoms with Gasteiger partial charge in [0.05, 0.1) is 17.7 Å². The van der Waals surface area contributed by atoms with E-state index in [9.17, 15) is 14.4 Å². The van der Waals surface area contributed by atoms with Crippen molar-refractivity contribution in [3.05, 3.63) is 23.8 Å². The summed E-state index contributed by atoms with van der Waals surface area (Å²) in [4.78, 5) is 41.2. The summed E-state index contributed by atoms with van der Waals surface area (Å²) in [7, 11) is 3.35. The number of likely N-dealkylation sites (N-methyl/N-ethyl adjacent to an activating group) is 1. The summed E-state index contributed by atoms with van der Waals surface area (Å²) in [5.74, 6) is 0.316. The molecule has 1 aliphatic heterocycles. The SMILES string of the molecule is CO[C@H]1CN(C)C(=O)c2cc(NC(C)=O)ccc2OC[C@@H](C)N(C(=O)C2CC2)C[C@@H]1C. The standard InChI is InChI=1S/C23H33N3O5/c1-14-11-26(22(28)17-6-7-17)15(2)13-31-20-9-8-18(24-16(3)27)10-19(20)23(29)25(4)12-21(14)30-5/h8-10,14-15,17,21H,6-7,11-13H2,1-5H3,(H,24,27)/t14-,15+,21-/m0/s1. The van der Waals surface area contributed by atoms with Crippen LogP contribution in [0.25, 0.3) is 0 Å². The third-order valence-electron chi connectivity index (χ3n) is 5.97.